The summed E-state index contributed by atoms with van der Waals surface area (Å²) in [4.78, 5) is 11.4. The first-order valence-corrected chi connectivity index (χ1v) is 7.18. The summed E-state index contributed by atoms with van der Waals surface area (Å²) in [6, 6.07) is 4.13. The topological polar surface area (TPSA) is 63.6 Å². The SMILES string of the molecule is CS(=O)c1ccc2c(c1)C[C@@H](C(=O)O)[C@@H](C(F)(F)F)O2. The van der Waals surface area contributed by atoms with Crippen LogP contribution < -0.4 is 4.74 Å². The summed E-state index contributed by atoms with van der Waals surface area (Å²) in [6.07, 6.45) is -6.00. The molecule has 1 aromatic carbocycles. The number of aliphatic carboxylic acids is 1. The summed E-state index contributed by atoms with van der Waals surface area (Å²) in [7, 11) is -1.30. The van der Waals surface area contributed by atoms with Gasteiger partial charge in [-0.25, -0.2) is 0 Å². The van der Waals surface area contributed by atoms with E-state index in [-0.39, 0.29) is 12.2 Å². The molecule has 2 rings (SSSR count). The summed E-state index contributed by atoms with van der Waals surface area (Å²) in [5.41, 5.74) is 0.325. The fourth-order valence-corrected chi connectivity index (χ4v) is 2.65. The second kappa shape index (κ2) is 5.08. The molecule has 0 radical (unpaired) electrons. The van der Waals surface area contributed by atoms with Crippen molar-refractivity contribution in [2.45, 2.75) is 23.6 Å². The number of halogens is 3. The molecular weight excluding hydrogens is 297 g/mol. The lowest BCUT2D eigenvalue weighted by atomic mass is 9.90. The van der Waals surface area contributed by atoms with Crippen molar-refractivity contribution >= 4 is 16.8 Å². The van der Waals surface area contributed by atoms with Gasteiger partial charge in [0.25, 0.3) is 0 Å². The van der Waals surface area contributed by atoms with Crippen molar-refractivity contribution in [1.82, 2.24) is 0 Å². The largest absolute Gasteiger partial charge is 0.481 e. The zero-order valence-corrected chi connectivity index (χ0v) is 11.1. The lowest BCUT2D eigenvalue weighted by Gasteiger charge is -2.32. The monoisotopic (exact) mass is 308 g/mol. The van der Waals surface area contributed by atoms with Crippen LogP contribution >= 0.6 is 0 Å². The molecule has 1 aliphatic rings. The Kier molecular flexibility index (Phi) is 3.77. The van der Waals surface area contributed by atoms with Crippen LogP contribution in [0.1, 0.15) is 5.56 Å². The molecule has 1 aliphatic heterocycles. The van der Waals surface area contributed by atoms with E-state index in [9.17, 15) is 22.2 Å². The van der Waals surface area contributed by atoms with Gasteiger partial charge in [0, 0.05) is 22.0 Å². The zero-order chi connectivity index (χ0) is 15.1. The molecule has 8 heteroatoms. The molecule has 3 atom stereocenters. The van der Waals surface area contributed by atoms with Crippen molar-refractivity contribution in [3.05, 3.63) is 23.8 Å². The number of ether oxygens (including phenoxy) is 1. The fraction of sp³-hybridized carbons (Fsp3) is 0.417. The highest BCUT2D eigenvalue weighted by molar-refractivity contribution is 7.84. The first kappa shape index (κ1) is 14.8. The summed E-state index contributed by atoms with van der Waals surface area (Å²) in [5.74, 6) is -3.29. The highest BCUT2D eigenvalue weighted by atomic mass is 32.2. The Morgan fingerprint density at radius 1 is 1.45 bits per heavy atom. The predicted molar refractivity (Wildman–Crippen MR) is 64.1 cm³/mol. The van der Waals surface area contributed by atoms with Crippen molar-refractivity contribution in [3.63, 3.8) is 0 Å². The van der Waals surface area contributed by atoms with Crippen LogP contribution in [0.25, 0.3) is 0 Å². The highest BCUT2D eigenvalue weighted by Gasteiger charge is 2.52. The van der Waals surface area contributed by atoms with Gasteiger partial charge >= 0.3 is 12.1 Å². The molecule has 0 bridgehead atoms. The molecule has 1 aromatic rings. The van der Waals surface area contributed by atoms with E-state index in [1.54, 1.807) is 0 Å². The van der Waals surface area contributed by atoms with E-state index in [0.717, 1.165) is 0 Å². The van der Waals surface area contributed by atoms with Crippen LogP contribution in [0.5, 0.6) is 5.75 Å². The third-order valence-electron chi connectivity index (χ3n) is 3.06. The standard InChI is InChI=1S/C12H11F3O4S/c1-20(18)7-2-3-9-6(4-7)5-8(11(16)17)10(19-9)12(13,14)15/h2-4,8,10H,5H2,1H3,(H,16,17)/t8-,10+,20?/m1/s1. The quantitative estimate of drug-likeness (QED) is 0.907. The number of carboxylic acid groups (broad SMARTS) is 1. The second-order valence-corrected chi connectivity index (χ2v) is 5.83. The Morgan fingerprint density at radius 3 is 2.60 bits per heavy atom. The smallest absolute Gasteiger partial charge is 0.426 e. The van der Waals surface area contributed by atoms with Gasteiger partial charge < -0.3 is 9.84 Å². The Bertz CT molecular complexity index is 570. The molecular formula is C12H11F3O4S. The van der Waals surface area contributed by atoms with E-state index in [1.807, 2.05) is 0 Å². The Hall–Kier alpha value is -1.57. The molecule has 0 aliphatic carbocycles. The molecule has 1 N–H and O–H groups in total. The number of alkyl halides is 3. The van der Waals surface area contributed by atoms with Crippen LogP contribution in [0.3, 0.4) is 0 Å². The summed E-state index contributed by atoms with van der Waals surface area (Å²) >= 11 is 0. The molecule has 1 unspecified atom stereocenters. The van der Waals surface area contributed by atoms with E-state index >= 15 is 0 Å². The number of carbonyl (C=O) groups is 1. The van der Waals surface area contributed by atoms with Crippen LogP contribution in [0, 0.1) is 5.92 Å². The first-order chi connectivity index (χ1) is 9.20. The van der Waals surface area contributed by atoms with Crippen molar-refractivity contribution in [2.24, 2.45) is 5.92 Å². The zero-order valence-electron chi connectivity index (χ0n) is 10.3. The molecule has 0 saturated heterocycles. The van der Waals surface area contributed by atoms with E-state index in [1.165, 1.54) is 24.5 Å². The molecule has 110 valence electrons. The van der Waals surface area contributed by atoms with Gasteiger partial charge in [-0.1, -0.05) is 0 Å². The minimum Gasteiger partial charge on any atom is -0.481 e. The number of hydrogen-bond donors (Lipinski definition) is 1. The maximum Gasteiger partial charge on any atom is 0.426 e. The second-order valence-electron chi connectivity index (χ2n) is 4.45. The normalized spacial score (nSPS) is 23.6. The number of rotatable bonds is 2. The van der Waals surface area contributed by atoms with Gasteiger partial charge in [-0.2, -0.15) is 13.2 Å². The molecule has 0 aromatic heterocycles. The third kappa shape index (κ3) is 2.79. The maximum absolute atomic E-state index is 12.8. The average Bonchev–Trinajstić information content (AvgIpc) is 2.35. The number of benzene rings is 1. The van der Waals surface area contributed by atoms with Gasteiger partial charge in [-0.3, -0.25) is 9.00 Å². The van der Waals surface area contributed by atoms with Crippen molar-refractivity contribution in [1.29, 1.82) is 0 Å². The van der Waals surface area contributed by atoms with E-state index in [4.69, 9.17) is 9.84 Å². The van der Waals surface area contributed by atoms with Crippen LogP contribution in [0.15, 0.2) is 23.1 Å². The molecule has 0 saturated carbocycles. The molecule has 20 heavy (non-hydrogen) atoms. The number of fused-ring (bicyclic) bond motifs is 1. The van der Waals surface area contributed by atoms with Crippen LogP contribution in [0.4, 0.5) is 13.2 Å². The average molecular weight is 308 g/mol. The highest BCUT2D eigenvalue weighted by Crippen LogP contribution is 2.39. The fourth-order valence-electron chi connectivity index (χ4n) is 2.08. The Balaban J connectivity index is 2.42. The first-order valence-electron chi connectivity index (χ1n) is 5.62. The maximum atomic E-state index is 12.8. The van der Waals surface area contributed by atoms with Crippen molar-refractivity contribution in [3.8, 4) is 5.75 Å². The van der Waals surface area contributed by atoms with Gasteiger partial charge in [-0.15, -0.1) is 0 Å². The Labute approximate surface area is 115 Å². The third-order valence-corrected chi connectivity index (χ3v) is 3.98. The van der Waals surface area contributed by atoms with Crippen LogP contribution in [-0.2, 0) is 22.0 Å². The van der Waals surface area contributed by atoms with Crippen molar-refractivity contribution in [2.75, 3.05) is 6.26 Å². The predicted octanol–water partition coefficient (Wildman–Crippen LogP) is 1.99. The minimum absolute atomic E-state index is 0.0148. The van der Waals surface area contributed by atoms with E-state index in [0.29, 0.717) is 10.5 Å². The summed E-state index contributed by atoms with van der Waals surface area (Å²) in [6.45, 7) is 0. The minimum atomic E-state index is -4.76. The number of hydrogen-bond acceptors (Lipinski definition) is 3. The van der Waals surface area contributed by atoms with Gasteiger partial charge in [0.2, 0.25) is 6.10 Å². The van der Waals surface area contributed by atoms with Gasteiger partial charge in [0.15, 0.2) is 0 Å². The van der Waals surface area contributed by atoms with Gasteiger partial charge in [-0.05, 0) is 30.2 Å². The van der Waals surface area contributed by atoms with Crippen LogP contribution in [-0.4, -0.2) is 33.8 Å². The Morgan fingerprint density at radius 2 is 2.10 bits per heavy atom. The summed E-state index contributed by atoms with van der Waals surface area (Å²) < 4.78 is 54.6. The molecule has 0 amide bonds. The van der Waals surface area contributed by atoms with Gasteiger partial charge in [0.1, 0.15) is 11.7 Å². The van der Waals surface area contributed by atoms with Gasteiger partial charge in [0.05, 0.1) is 0 Å². The number of carboxylic acids is 1. The molecule has 1 heterocycles. The van der Waals surface area contributed by atoms with E-state index in [2.05, 4.69) is 0 Å². The summed E-state index contributed by atoms with van der Waals surface area (Å²) in [5, 5.41) is 8.94. The van der Waals surface area contributed by atoms with Crippen molar-refractivity contribution < 1.29 is 32.0 Å². The lowest BCUT2D eigenvalue weighted by Crippen LogP contribution is -2.47. The van der Waals surface area contributed by atoms with Crippen LogP contribution in [0.2, 0.25) is 0 Å². The molecule has 4 nitrogen and oxygen atoms in total. The molecule has 0 spiro atoms. The molecule has 0 fully saturated rings. The van der Waals surface area contributed by atoms with E-state index < -0.39 is 35.0 Å². The lowest BCUT2D eigenvalue weighted by molar-refractivity contribution is -0.217.